The standard InChI is InChI=1S/C16H23NO3/c1-9(13-7-10-2-3-11(13)6-10)17-8-12-4-5-14(18)16(20)15(12)19/h4-5,9-11,13,17-20H,2-3,6-8H2,1H3. The van der Waals surface area contributed by atoms with Crippen molar-refractivity contribution in [2.45, 2.75) is 45.2 Å². The molecule has 4 nitrogen and oxygen atoms in total. The minimum atomic E-state index is -0.433. The maximum atomic E-state index is 9.81. The summed E-state index contributed by atoms with van der Waals surface area (Å²) in [5.74, 6) is 1.59. The highest BCUT2D eigenvalue weighted by atomic mass is 16.3. The zero-order valence-corrected chi connectivity index (χ0v) is 11.8. The first-order chi connectivity index (χ1) is 9.56. The molecule has 2 bridgehead atoms. The summed E-state index contributed by atoms with van der Waals surface area (Å²) >= 11 is 0. The van der Waals surface area contributed by atoms with Crippen molar-refractivity contribution in [2.75, 3.05) is 0 Å². The van der Waals surface area contributed by atoms with E-state index in [2.05, 4.69) is 12.2 Å². The van der Waals surface area contributed by atoms with Crippen LogP contribution in [0, 0.1) is 17.8 Å². The Kier molecular flexibility index (Phi) is 3.50. The molecule has 0 spiro atoms. The molecule has 1 aromatic carbocycles. The molecule has 4 unspecified atom stereocenters. The number of benzene rings is 1. The van der Waals surface area contributed by atoms with Crippen LogP contribution in [-0.2, 0) is 6.54 Å². The molecule has 4 N–H and O–H groups in total. The van der Waals surface area contributed by atoms with E-state index in [-0.39, 0.29) is 11.5 Å². The van der Waals surface area contributed by atoms with Gasteiger partial charge in [0.1, 0.15) is 0 Å². The van der Waals surface area contributed by atoms with E-state index in [1.165, 1.54) is 31.7 Å². The van der Waals surface area contributed by atoms with E-state index in [1.54, 1.807) is 6.07 Å². The Morgan fingerprint density at radius 2 is 1.95 bits per heavy atom. The van der Waals surface area contributed by atoms with Gasteiger partial charge in [0.2, 0.25) is 5.75 Å². The van der Waals surface area contributed by atoms with Gasteiger partial charge in [-0.15, -0.1) is 0 Å². The van der Waals surface area contributed by atoms with Crippen molar-refractivity contribution in [1.82, 2.24) is 5.32 Å². The maximum Gasteiger partial charge on any atom is 0.200 e. The molecule has 0 aromatic heterocycles. The third kappa shape index (κ3) is 2.33. The van der Waals surface area contributed by atoms with Crippen molar-refractivity contribution < 1.29 is 15.3 Å². The number of phenols is 3. The fourth-order valence-corrected chi connectivity index (χ4v) is 4.08. The Bertz CT molecular complexity index is 503. The molecular weight excluding hydrogens is 254 g/mol. The van der Waals surface area contributed by atoms with Crippen LogP contribution in [0.3, 0.4) is 0 Å². The van der Waals surface area contributed by atoms with Gasteiger partial charge in [0.15, 0.2) is 11.5 Å². The topological polar surface area (TPSA) is 72.7 Å². The van der Waals surface area contributed by atoms with Crippen molar-refractivity contribution in [3.8, 4) is 17.2 Å². The first-order valence-electron chi connectivity index (χ1n) is 7.52. The van der Waals surface area contributed by atoms with E-state index in [1.807, 2.05) is 0 Å². The van der Waals surface area contributed by atoms with E-state index in [9.17, 15) is 15.3 Å². The molecule has 4 heteroatoms. The maximum absolute atomic E-state index is 9.81. The number of fused-ring (bicyclic) bond motifs is 2. The molecule has 0 heterocycles. The van der Waals surface area contributed by atoms with Crippen LogP contribution in [-0.4, -0.2) is 21.4 Å². The zero-order valence-electron chi connectivity index (χ0n) is 11.8. The van der Waals surface area contributed by atoms with Crippen LogP contribution in [0.4, 0.5) is 0 Å². The second-order valence-corrected chi connectivity index (χ2v) is 6.45. The quantitative estimate of drug-likeness (QED) is 0.639. The number of hydrogen-bond donors (Lipinski definition) is 4. The van der Waals surface area contributed by atoms with Gasteiger partial charge in [0, 0.05) is 18.2 Å². The lowest BCUT2D eigenvalue weighted by molar-refractivity contribution is 0.258. The summed E-state index contributed by atoms with van der Waals surface area (Å²) in [5.41, 5.74) is 0.621. The van der Waals surface area contributed by atoms with Gasteiger partial charge in [-0.1, -0.05) is 12.5 Å². The second kappa shape index (κ2) is 5.17. The van der Waals surface area contributed by atoms with Gasteiger partial charge in [0.25, 0.3) is 0 Å². The third-order valence-corrected chi connectivity index (χ3v) is 5.26. The first-order valence-corrected chi connectivity index (χ1v) is 7.52. The zero-order chi connectivity index (χ0) is 14.3. The minimum absolute atomic E-state index is 0.224. The Morgan fingerprint density at radius 1 is 1.15 bits per heavy atom. The summed E-state index contributed by atoms with van der Waals surface area (Å²) in [6.07, 6.45) is 5.49. The lowest BCUT2D eigenvalue weighted by atomic mass is 9.84. The molecule has 0 aliphatic heterocycles. The van der Waals surface area contributed by atoms with Crippen LogP contribution < -0.4 is 5.32 Å². The monoisotopic (exact) mass is 277 g/mol. The average Bonchev–Trinajstić information content (AvgIpc) is 3.06. The van der Waals surface area contributed by atoms with E-state index < -0.39 is 5.75 Å². The summed E-state index contributed by atoms with van der Waals surface area (Å²) < 4.78 is 0. The van der Waals surface area contributed by atoms with Crippen LogP contribution in [0.5, 0.6) is 17.2 Å². The predicted octanol–water partition coefficient (Wildman–Crippen LogP) is 2.72. The molecule has 4 atom stereocenters. The molecule has 0 radical (unpaired) electrons. The Morgan fingerprint density at radius 3 is 2.60 bits per heavy atom. The largest absolute Gasteiger partial charge is 0.504 e. The molecule has 2 saturated carbocycles. The van der Waals surface area contributed by atoms with Crippen LogP contribution in [0.25, 0.3) is 0 Å². The van der Waals surface area contributed by atoms with E-state index in [0.29, 0.717) is 18.2 Å². The lowest BCUT2D eigenvalue weighted by Crippen LogP contribution is -2.35. The molecule has 2 aliphatic carbocycles. The van der Waals surface area contributed by atoms with Crippen molar-refractivity contribution in [3.05, 3.63) is 17.7 Å². The highest BCUT2D eigenvalue weighted by Crippen LogP contribution is 2.49. The second-order valence-electron chi connectivity index (χ2n) is 6.45. The van der Waals surface area contributed by atoms with E-state index >= 15 is 0 Å². The fraction of sp³-hybridized carbons (Fsp3) is 0.625. The number of hydrogen-bond acceptors (Lipinski definition) is 4. The summed E-state index contributed by atoms with van der Waals surface area (Å²) in [7, 11) is 0. The smallest absolute Gasteiger partial charge is 0.200 e. The van der Waals surface area contributed by atoms with E-state index in [0.717, 1.165) is 17.8 Å². The molecule has 0 amide bonds. The first kappa shape index (κ1) is 13.6. The normalized spacial score (nSPS) is 29.8. The van der Waals surface area contributed by atoms with Gasteiger partial charge in [0.05, 0.1) is 0 Å². The van der Waals surface area contributed by atoms with Gasteiger partial charge in [-0.25, -0.2) is 0 Å². The highest BCUT2D eigenvalue weighted by molar-refractivity contribution is 5.53. The number of aromatic hydroxyl groups is 3. The predicted molar refractivity (Wildman–Crippen MR) is 76.7 cm³/mol. The molecule has 2 fully saturated rings. The SMILES string of the molecule is CC(NCc1ccc(O)c(O)c1O)C1CC2CCC1C2. The third-order valence-electron chi connectivity index (χ3n) is 5.26. The van der Waals surface area contributed by atoms with Crippen molar-refractivity contribution in [2.24, 2.45) is 17.8 Å². The highest BCUT2D eigenvalue weighted by Gasteiger charge is 2.41. The molecule has 20 heavy (non-hydrogen) atoms. The van der Waals surface area contributed by atoms with Gasteiger partial charge in [-0.3, -0.25) is 0 Å². The van der Waals surface area contributed by atoms with Crippen LogP contribution in [0.1, 0.15) is 38.2 Å². The summed E-state index contributed by atoms with van der Waals surface area (Å²) in [6.45, 7) is 2.72. The van der Waals surface area contributed by atoms with Crippen molar-refractivity contribution in [1.29, 1.82) is 0 Å². The van der Waals surface area contributed by atoms with Crippen LogP contribution in [0.2, 0.25) is 0 Å². The lowest BCUT2D eigenvalue weighted by Gasteiger charge is -2.28. The van der Waals surface area contributed by atoms with Crippen LogP contribution >= 0.6 is 0 Å². The van der Waals surface area contributed by atoms with Gasteiger partial charge in [-0.05, 0) is 50.0 Å². The number of phenolic OH excluding ortho intramolecular Hbond substituents is 3. The molecular formula is C16H23NO3. The number of rotatable bonds is 4. The summed E-state index contributed by atoms with van der Waals surface area (Å²) in [5, 5.41) is 32.1. The van der Waals surface area contributed by atoms with Crippen molar-refractivity contribution in [3.63, 3.8) is 0 Å². The molecule has 2 aliphatic rings. The Labute approximate surface area is 119 Å². The Hall–Kier alpha value is -1.42. The van der Waals surface area contributed by atoms with Crippen molar-refractivity contribution >= 4 is 0 Å². The Balaban J connectivity index is 1.61. The molecule has 3 rings (SSSR count). The summed E-state index contributed by atoms with van der Waals surface area (Å²) in [6, 6.07) is 3.47. The number of nitrogens with one attached hydrogen (secondary N) is 1. The summed E-state index contributed by atoms with van der Waals surface area (Å²) in [4.78, 5) is 0. The fourth-order valence-electron chi connectivity index (χ4n) is 4.08. The van der Waals surface area contributed by atoms with Gasteiger partial charge < -0.3 is 20.6 Å². The molecule has 0 saturated heterocycles. The van der Waals surface area contributed by atoms with E-state index in [4.69, 9.17) is 0 Å². The molecule has 110 valence electrons. The van der Waals surface area contributed by atoms with Crippen LogP contribution in [0.15, 0.2) is 12.1 Å². The average molecular weight is 277 g/mol. The minimum Gasteiger partial charge on any atom is -0.504 e. The molecule has 1 aromatic rings. The van der Waals surface area contributed by atoms with Gasteiger partial charge in [-0.2, -0.15) is 0 Å². The van der Waals surface area contributed by atoms with Gasteiger partial charge >= 0.3 is 0 Å².